The lowest BCUT2D eigenvalue weighted by Gasteiger charge is -2.03. The number of rotatable bonds is 5. The molecule has 0 saturated carbocycles. The molecule has 0 saturated heterocycles. The molecule has 1 aromatic heterocycles. The Balaban J connectivity index is 1.54. The predicted molar refractivity (Wildman–Crippen MR) is 108 cm³/mol. The first kappa shape index (κ1) is 17.4. The van der Waals surface area contributed by atoms with E-state index in [4.69, 9.17) is 4.42 Å². The highest BCUT2D eigenvalue weighted by atomic mass is 16.3. The fourth-order valence-corrected chi connectivity index (χ4v) is 2.79. The van der Waals surface area contributed by atoms with Crippen LogP contribution in [-0.2, 0) is 0 Å². The first-order chi connectivity index (χ1) is 13.7. The predicted octanol–water partition coefficient (Wildman–Crippen LogP) is 6.45. The molecule has 0 amide bonds. The van der Waals surface area contributed by atoms with E-state index in [9.17, 15) is 9.90 Å². The molecule has 5 heteroatoms. The van der Waals surface area contributed by atoms with Gasteiger partial charge in [0.2, 0.25) is 0 Å². The second-order valence-electron chi connectivity index (χ2n) is 6.11. The van der Waals surface area contributed by atoms with Crippen LogP contribution in [0, 0.1) is 0 Å². The van der Waals surface area contributed by atoms with E-state index < -0.39 is 0 Å². The lowest BCUT2D eigenvalue weighted by molar-refractivity contribution is 0.104. The number of phenols is 1. The average molecular weight is 368 g/mol. The van der Waals surface area contributed by atoms with Crippen molar-refractivity contribution in [1.29, 1.82) is 0 Å². The summed E-state index contributed by atoms with van der Waals surface area (Å²) in [5, 5.41) is 20.3. The Morgan fingerprint density at radius 3 is 2.50 bits per heavy atom. The van der Waals surface area contributed by atoms with Gasteiger partial charge in [0.25, 0.3) is 0 Å². The van der Waals surface area contributed by atoms with Crippen LogP contribution in [0.25, 0.3) is 16.8 Å². The summed E-state index contributed by atoms with van der Waals surface area (Å²) in [5.74, 6) is 0.553. The summed E-state index contributed by atoms with van der Waals surface area (Å²) in [7, 11) is 0. The molecule has 4 rings (SSSR count). The van der Waals surface area contributed by atoms with Gasteiger partial charge < -0.3 is 9.52 Å². The molecule has 0 spiro atoms. The molecule has 0 atom stereocenters. The molecule has 0 aliphatic rings. The van der Waals surface area contributed by atoms with Crippen LogP contribution in [0.15, 0.2) is 99.8 Å². The molecule has 0 aliphatic carbocycles. The highest BCUT2D eigenvalue weighted by molar-refractivity contribution is 6.06. The number of hydrogen-bond acceptors (Lipinski definition) is 5. The van der Waals surface area contributed by atoms with Gasteiger partial charge in [-0.2, -0.15) is 5.11 Å². The molecule has 1 N–H and O–H groups in total. The van der Waals surface area contributed by atoms with E-state index in [2.05, 4.69) is 10.2 Å². The molecule has 0 unspecified atom stereocenters. The summed E-state index contributed by atoms with van der Waals surface area (Å²) in [6, 6.07) is 21.4. The molecule has 5 nitrogen and oxygen atoms in total. The van der Waals surface area contributed by atoms with Crippen molar-refractivity contribution < 1.29 is 14.3 Å². The van der Waals surface area contributed by atoms with Gasteiger partial charge in [-0.15, -0.1) is 5.11 Å². The van der Waals surface area contributed by atoms with Crippen molar-refractivity contribution in [2.45, 2.75) is 0 Å². The highest BCUT2D eigenvalue weighted by Crippen LogP contribution is 2.35. The van der Waals surface area contributed by atoms with E-state index in [1.807, 2.05) is 30.3 Å². The fraction of sp³-hybridized carbons (Fsp3) is 0. The minimum atomic E-state index is -0.133. The monoisotopic (exact) mass is 368 g/mol. The number of carbonyl (C=O) groups is 1. The van der Waals surface area contributed by atoms with Crippen LogP contribution in [-0.4, -0.2) is 10.9 Å². The number of phenolic OH excluding ortho intramolecular Hbond substituents is 1. The van der Waals surface area contributed by atoms with Crippen LogP contribution in [0.1, 0.15) is 16.1 Å². The van der Waals surface area contributed by atoms with Gasteiger partial charge in [-0.25, -0.2) is 0 Å². The minimum Gasteiger partial charge on any atom is -0.506 e. The molecular formula is C23H16N2O3. The van der Waals surface area contributed by atoms with Gasteiger partial charge in [0.05, 0.1) is 12.0 Å². The van der Waals surface area contributed by atoms with E-state index in [1.54, 1.807) is 54.8 Å². The number of aromatic hydroxyl groups is 1. The van der Waals surface area contributed by atoms with Crippen molar-refractivity contribution in [3.05, 3.63) is 96.5 Å². The van der Waals surface area contributed by atoms with Gasteiger partial charge in [0.1, 0.15) is 17.2 Å². The third-order valence-corrected chi connectivity index (χ3v) is 4.24. The number of carbonyl (C=O) groups excluding carboxylic acids is 1. The molecule has 0 fully saturated rings. The molecule has 0 bridgehead atoms. The number of fused-ring (bicyclic) bond motifs is 1. The van der Waals surface area contributed by atoms with Gasteiger partial charge in [-0.3, -0.25) is 4.79 Å². The Hall–Kier alpha value is -3.99. The van der Waals surface area contributed by atoms with Crippen molar-refractivity contribution in [3.63, 3.8) is 0 Å². The Bertz CT molecular complexity index is 1170. The van der Waals surface area contributed by atoms with Gasteiger partial charge in [-0.1, -0.05) is 30.3 Å². The van der Waals surface area contributed by atoms with E-state index in [-0.39, 0.29) is 11.5 Å². The van der Waals surface area contributed by atoms with Crippen molar-refractivity contribution >= 4 is 34.0 Å². The standard InChI is InChI=1S/C23H16N2O3/c26-21(14-12-19-5-3-15-28-19)17-7-10-18(11-8-17)24-25-23-20-6-2-1-4-16(20)9-13-22(23)27/h1-15,27H/b14-12+,25-24?. The molecule has 4 aromatic rings. The van der Waals surface area contributed by atoms with Crippen LogP contribution >= 0.6 is 0 Å². The van der Waals surface area contributed by atoms with Crippen LogP contribution in [0.3, 0.4) is 0 Å². The van der Waals surface area contributed by atoms with E-state index in [1.165, 1.54) is 6.08 Å². The summed E-state index contributed by atoms with van der Waals surface area (Å²) >= 11 is 0. The summed E-state index contributed by atoms with van der Waals surface area (Å²) < 4.78 is 5.17. The quantitative estimate of drug-likeness (QED) is 0.250. The van der Waals surface area contributed by atoms with Gasteiger partial charge in [0, 0.05) is 10.9 Å². The van der Waals surface area contributed by atoms with Crippen LogP contribution in [0.5, 0.6) is 5.75 Å². The summed E-state index contributed by atoms with van der Waals surface area (Å²) in [5.41, 5.74) is 1.54. The fourth-order valence-electron chi connectivity index (χ4n) is 2.79. The molecule has 136 valence electrons. The highest BCUT2D eigenvalue weighted by Gasteiger charge is 2.06. The maximum Gasteiger partial charge on any atom is 0.185 e. The Labute approximate surface area is 161 Å². The van der Waals surface area contributed by atoms with Crippen molar-refractivity contribution in [3.8, 4) is 5.75 Å². The molecular weight excluding hydrogens is 352 g/mol. The number of allylic oxidation sites excluding steroid dienone is 1. The second-order valence-corrected chi connectivity index (χ2v) is 6.11. The number of nitrogens with zero attached hydrogens (tertiary/aromatic N) is 2. The smallest absolute Gasteiger partial charge is 0.185 e. The lowest BCUT2D eigenvalue weighted by atomic mass is 10.1. The number of ketones is 1. The number of benzene rings is 3. The largest absolute Gasteiger partial charge is 0.506 e. The first-order valence-electron chi connectivity index (χ1n) is 8.69. The Morgan fingerprint density at radius 1 is 0.893 bits per heavy atom. The van der Waals surface area contributed by atoms with E-state index in [0.717, 1.165) is 10.8 Å². The van der Waals surface area contributed by atoms with Crippen LogP contribution < -0.4 is 0 Å². The third-order valence-electron chi connectivity index (χ3n) is 4.24. The summed E-state index contributed by atoms with van der Waals surface area (Å²) in [4.78, 5) is 12.2. The van der Waals surface area contributed by atoms with Gasteiger partial charge in [0.15, 0.2) is 5.78 Å². The zero-order valence-electron chi connectivity index (χ0n) is 14.8. The Kier molecular flexibility index (Phi) is 4.80. The number of hydrogen-bond donors (Lipinski definition) is 1. The summed E-state index contributed by atoms with van der Waals surface area (Å²) in [6.07, 6.45) is 4.64. The number of azo groups is 1. The maximum atomic E-state index is 12.2. The molecule has 3 aromatic carbocycles. The third kappa shape index (κ3) is 3.73. The van der Waals surface area contributed by atoms with E-state index >= 15 is 0 Å². The maximum absolute atomic E-state index is 12.2. The van der Waals surface area contributed by atoms with Crippen molar-refractivity contribution in [2.75, 3.05) is 0 Å². The molecule has 0 radical (unpaired) electrons. The van der Waals surface area contributed by atoms with Crippen molar-refractivity contribution in [1.82, 2.24) is 0 Å². The Morgan fingerprint density at radius 2 is 1.71 bits per heavy atom. The van der Waals surface area contributed by atoms with Crippen LogP contribution in [0.4, 0.5) is 11.4 Å². The van der Waals surface area contributed by atoms with E-state index in [0.29, 0.717) is 22.7 Å². The molecule has 0 aliphatic heterocycles. The molecule has 28 heavy (non-hydrogen) atoms. The lowest BCUT2D eigenvalue weighted by Crippen LogP contribution is -1.92. The average Bonchev–Trinajstić information content (AvgIpc) is 3.25. The van der Waals surface area contributed by atoms with Crippen LogP contribution in [0.2, 0.25) is 0 Å². The van der Waals surface area contributed by atoms with Crippen molar-refractivity contribution in [2.24, 2.45) is 10.2 Å². The zero-order valence-corrected chi connectivity index (χ0v) is 14.8. The zero-order chi connectivity index (χ0) is 19.3. The second kappa shape index (κ2) is 7.72. The first-order valence-corrected chi connectivity index (χ1v) is 8.69. The summed E-state index contributed by atoms with van der Waals surface area (Å²) in [6.45, 7) is 0. The molecule has 1 heterocycles. The van der Waals surface area contributed by atoms with Gasteiger partial charge in [-0.05, 0) is 60.0 Å². The topological polar surface area (TPSA) is 75.2 Å². The SMILES string of the molecule is O=C(/C=C/c1ccco1)c1ccc(N=Nc2c(O)ccc3ccccc23)cc1. The minimum absolute atomic E-state index is 0.0670. The number of furan rings is 1. The van der Waals surface area contributed by atoms with Gasteiger partial charge >= 0.3 is 0 Å². The normalized spacial score (nSPS) is 11.6.